The van der Waals surface area contributed by atoms with Crippen LogP contribution in [0.3, 0.4) is 0 Å². The average Bonchev–Trinajstić information content (AvgIpc) is 2.30. The van der Waals surface area contributed by atoms with Gasteiger partial charge in [0.15, 0.2) is 5.57 Å². The molecule has 1 aromatic rings. The fourth-order valence-corrected chi connectivity index (χ4v) is 1.33. The SMILES string of the molecule is CCN(C=C(C(=O)O)C(=O)O)c1ccccc1. The molecule has 1 rings (SSSR count). The number of para-hydroxylation sites is 1. The molecule has 0 spiro atoms. The van der Waals surface area contributed by atoms with Crippen molar-refractivity contribution in [1.82, 2.24) is 0 Å². The molecular formula is C12H13NO4. The molecule has 0 unspecified atom stereocenters. The highest BCUT2D eigenvalue weighted by Gasteiger charge is 2.17. The van der Waals surface area contributed by atoms with E-state index in [1.165, 1.54) is 0 Å². The van der Waals surface area contributed by atoms with Gasteiger partial charge in [0.2, 0.25) is 0 Å². The third kappa shape index (κ3) is 3.34. The minimum Gasteiger partial charge on any atom is -0.477 e. The molecule has 0 aliphatic carbocycles. The van der Waals surface area contributed by atoms with E-state index in [0.717, 1.165) is 11.9 Å². The van der Waals surface area contributed by atoms with E-state index in [0.29, 0.717) is 6.54 Å². The standard InChI is InChI=1S/C12H13NO4/c1-2-13(9-6-4-3-5-7-9)8-10(11(14)15)12(16)17/h3-8H,2H2,1H3,(H,14,15)(H,16,17). The van der Waals surface area contributed by atoms with Gasteiger partial charge >= 0.3 is 11.9 Å². The Labute approximate surface area is 98.6 Å². The van der Waals surface area contributed by atoms with Crippen molar-refractivity contribution in [1.29, 1.82) is 0 Å². The summed E-state index contributed by atoms with van der Waals surface area (Å²) in [6, 6.07) is 8.99. The molecule has 0 aromatic heterocycles. The summed E-state index contributed by atoms with van der Waals surface area (Å²) < 4.78 is 0. The van der Waals surface area contributed by atoms with Gasteiger partial charge < -0.3 is 15.1 Å². The average molecular weight is 235 g/mol. The van der Waals surface area contributed by atoms with Crippen LogP contribution in [0.5, 0.6) is 0 Å². The van der Waals surface area contributed by atoms with E-state index in [1.807, 2.05) is 13.0 Å². The zero-order chi connectivity index (χ0) is 12.8. The first-order valence-corrected chi connectivity index (χ1v) is 5.06. The van der Waals surface area contributed by atoms with Gasteiger partial charge in [-0.15, -0.1) is 0 Å². The van der Waals surface area contributed by atoms with Gasteiger partial charge in [0.1, 0.15) is 0 Å². The molecule has 0 heterocycles. The topological polar surface area (TPSA) is 77.8 Å². The maximum absolute atomic E-state index is 10.7. The molecule has 5 heteroatoms. The van der Waals surface area contributed by atoms with Crippen LogP contribution in [0.25, 0.3) is 0 Å². The molecule has 90 valence electrons. The van der Waals surface area contributed by atoms with Gasteiger partial charge in [0.05, 0.1) is 0 Å². The first-order chi connectivity index (χ1) is 8.06. The third-order valence-electron chi connectivity index (χ3n) is 2.17. The Morgan fingerprint density at radius 2 is 1.71 bits per heavy atom. The van der Waals surface area contributed by atoms with Crippen molar-refractivity contribution in [3.05, 3.63) is 42.1 Å². The van der Waals surface area contributed by atoms with Crippen molar-refractivity contribution in [3.8, 4) is 0 Å². The van der Waals surface area contributed by atoms with Gasteiger partial charge in [-0.3, -0.25) is 0 Å². The van der Waals surface area contributed by atoms with Gasteiger partial charge in [-0.25, -0.2) is 9.59 Å². The Kier molecular flexibility index (Phi) is 4.28. The van der Waals surface area contributed by atoms with E-state index in [9.17, 15) is 9.59 Å². The van der Waals surface area contributed by atoms with E-state index >= 15 is 0 Å². The largest absolute Gasteiger partial charge is 0.477 e. The first-order valence-electron chi connectivity index (χ1n) is 5.06. The van der Waals surface area contributed by atoms with E-state index in [1.54, 1.807) is 29.2 Å². The molecule has 0 atom stereocenters. The van der Waals surface area contributed by atoms with Crippen molar-refractivity contribution in [2.45, 2.75) is 6.92 Å². The normalized spacial score (nSPS) is 9.47. The second-order valence-electron chi connectivity index (χ2n) is 3.27. The Bertz CT molecular complexity index is 423. The highest BCUT2D eigenvalue weighted by atomic mass is 16.4. The van der Waals surface area contributed by atoms with Crippen LogP contribution >= 0.6 is 0 Å². The van der Waals surface area contributed by atoms with Crippen LogP contribution in [0.1, 0.15) is 6.92 Å². The predicted octanol–water partition coefficient (Wildman–Crippen LogP) is 1.57. The minimum atomic E-state index is -1.45. The van der Waals surface area contributed by atoms with Gasteiger partial charge in [-0.2, -0.15) is 0 Å². The summed E-state index contributed by atoms with van der Waals surface area (Å²) in [5.74, 6) is -2.90. The van der Waals surface area contributed by atoms with Crippen molar-refractivity contribution in [2.24, 2.45) is 0 Å². The summed E-state index contributed by atoms with van der Waals surface area (Å²) in [4.78, 5) is 23.1. The molecular weight excluding hydrogens is 222 g/mol. The summed E-state index contributed by atoms with van der Waals surface area (Å²) in [5, 5.41) is 17.5. The van der Waals surface area contributed by atoms with Gasteiger partial charge in [0.25, 0.3) is 0 Å². The number of anilines is 1. The number of carbonyl (C=O) groups is 2. The zero-order valence-corrected chi connectivity index (χ0v) is 9.33. The number of aliphatic carboxylic acids is 2. The number of rotatable bonds is 5. The fraction of sp³-hybridized carbons (Fsp3) is 0.167. The molecule has 0 amide bonds. The maximum Gasteiger partial charge on any atom is 0.344 e. The number of benzene rings is 1. The molecule has 0 fully saturated rings. The van der Waals surface area contributed by atoms with Crippen molar-refractivity contribution >= 4 is 17.6 Å². The lowest BCUT2D eigenvalue weighted by atomic mass is 10.2. The smallest absolute Gasteiger partial charge is 0.344 e. The summed E-state index contributed by atoms with van der Waals surface area (Å²) in [6.45, 7) is 2.29. The third-order valence-corrected chi connectivity index (χ3v) is 2.17. The lowest BCUT2D eigenvalue weighted by molar-refractivity contribution is -0.140. The summed E-state index contributed by atoms with van der Waals surface area (Å²) in [7, 11) is 0. The van der Waals surface area contributed by atoms with Crippen LogP contribution in [0.15, 0.2) is 42.1 Å². The zero-order valence-electron chi connectivity index (χ0n) is 9.33. The number of hydrogen-bond donors (Lipinski definition) is 2. The summed E-state index contributed by atoms with van der Waals surface area (Å²) >= 11 is 0. The van der Waals surface area contributed by atoms with E-state index in [4.69, 9.17) is 10.2 Å². The quantitative estimate of drug-likeness (QED) is 0.460. The second kappa shape index (κ2) is 5.69. The molecule has 0 aliphatic rings. The Morgan fingerprint density at radius 3 is 2.12 bits per heavy atom. The number of nitrogens with zero attached hydrogens (tertiary/aromatic N) is 1. The molecule has 1 aromatic carbocycles. The fourth-order valence-electron chi connectivity index (χ4n) is 1.33. The molecule has 0 aliphatic heterocycles. The molecule has 5 nitrogen and oxygen atoms in total. The predicted molar refractivity (Wildman–Crippen MR) is 62.8 cm³/mol. The Balaban J connectivity index is 3.07. The van der Waals surface area contributed by atoms with Crippen LogP contribution in [0.2, 0.25) is 0 Å². The summed E-state index contributed by atoms with van der Waals surface area (Å²) in [6.07, 6.45) is 1.12. The first kappa shape index (κ1) is 12.8. The van der Waals surface area contributed by atoms with Crippen LogP contribution in [-0.4, -0.2) is 28.7 Å². The molecule has 17 heavy (non-hydrogen) atoms. The van der Waals surface area contributed by atoms with E-state index in [-0.39, 0.29) is 0 Å². The summed E-state index contributed by atoms with van der Waals surface area (Å²) in [5.41, 5.74) is 0.0886. The highest BCUT2D eigenvalue weighted by Crippen LogP contribution is 2.14. The Morgan fingerprint density at radius 1 is 1.18 bits per heavy atom. The van der Waals surface area contributed by atoms with Crippen LogP contribution < -0.4 is 4.90 Å². The highest BCUT2D eigenvalue weighted by molar-refractivity contribution is 6.12. The minimum absolute atomic E-state index is 0.480. The lowest BCUT2D eigenvalue weighted by Gasteiger charge is -2.18. The number of hydrogen-bond acceptors (Lipinski definition) is 3. The van der Waals surface area contributed by atoms with E-state index in [2.05, 4.69) is 0 Å². The Hall–Kier alpha value is -2.30. The van der Waals surface area contributed by atoms with Crippen LogP contribution in [-0.2, 0) is 9.59 Å². The monoisotopic (exact) mass is 235 g/mol. The molecule has 0 radical (unpaired) electrons. The lowest BCUT2D eigenvalue weighted by Crippen LogP contribution is -2.21. The van der Waals surface area contributed by atoms with Crippen LogP contribution in [0.4, 0.5) is 5.69 Å². The van der Waals surface area contributed by atoms with Gasteiger partial charge in [0, 0.05) is 18.4 Å². The van der Waals surface area contributed by atoms with Crippen molar-refractivity contribution in [2.75, 3.05) is 11.4 Å². The van der Waals surface area contributed by atoms with Gasteiger partial charge in [-0.1, -0.05) is 18.2 Å². The number of carboxylic acids is 2. The maximum atomic E-state index is 10.7. The molecule has 0 bridgehead atoms. The second-order valence-corrected chi connectivity index (χ2v) is 3.27. The molecule has 0 saturated heterocycles. The van der Waals surface area contributed by atoms with E-state index < -0.39 is 17.5 Å². The van der Waals surface area contributed by atoms with Crippen LogP contribution in [0, 0.1) is 0 Å². The number of carboxylic acid groups (broad SMARTS) is 2. The molecule has 2 N–H and O–H groups in total. The molecule has 0 saturated carbocycles. The van der Waals surface area contributed by atoms with Crippen molar-refractivity contribution in [3.63, 3.8) is 0 Å². The van der Waals surface area contributed by atoms with Crippen molar-refractivity contribution < 1.29 is 19.8 Å². The van der Waals surface area contributed by atoms with Gasteiger partial charge in [-0.05, 0) is 19.1 Å².